The number of rotatable bonds is 8. The first-order valence-corrected chi connectivity index (χ1v) is 10.3. The van der Waals surface area contributed by atoms with Gasteiger partial charge in [0.25, 0.3) is 0 Å². The number of carbonyl (C=O) groups excluding carboxylic acids is 2. The number of esters is 1. The van der Waals surface area contributed by atoms with Crippen LogP contribution in [0.15, 0.2) is 54.6 Å². The van der Waals surface area contributed by atoms with Crippen molar-refractivity contribution >= 4 is 21.7 Å². The minimum atomic E-state index is -3.49. The van der Waals surface area contributed by atoms with Crippen molar-refractivity contribution in [3.8, 4) is 0 Å². The Kier molecular flexibility index (Phi) is 7.12. The maximum absolute atomic E-state index is 12.3. The van der Waals surface area contributed by atoms with Crippen molar-refractivity contribution < 1.29 is 22.7 Å². The highest BCUT2D eigenvalue weighted by molar-refractivity contribution is 7.90. The molecule has 0 fully saturated rings. The molecule has 7 heteroatoms. The van der Waals surface area contributed by atoms with Gasteiger partial charge in [-0.25, -0.2) is 13.2 Å². The van der Waals surface area contributed by atoms with Gasteiger partial charge in [-0.1, -0.05) is 42.5 Å². The zero-order valence-electron chi connectivity index (χ0n) is 15.3. The molecule has 0 aliphatic rings. The van der Waals surface area contributed by atoms with Crippen LogP contribution in [0.25, 0.3) is 0 Å². The number of amides is 1. The summed E-state index contributed by atoms with van der Waals surface area (Å²) in [5, 5.41) is 2.80. The topological polar surface area (TPSA) is 89.5 Å². The quantitative estimate of drug-likeness (QED) is 0.701. The van der Waals surface area contributed by atoms with E-state index in [9.17, 15) is 18.0 Å². The molecular formula is C20H23NO5S. The van der Waals surface area contributed by atoms with Crippen molar-refractivity contribution in [2.24, 2.45) is 0 Å². The lowest BCUT2D eigenvalue weighted by atomic mass is 10.1. The molecule has 1 unspecified atom stereocenters. The van der Waals surface area contributed by atoms with Crippen molar-refractivity contribution in [1.82, 2.24) is 5.32 Å². The summed E-state index contributed by atoms with van der Waals surface area (Å²) in [5.41, 5.74) is 1.73. The maximum atomic E-state index is 12.3. The van der Waals surface area contributed by atoms with E-state index < -0.39 is 15.8 Å². The Balaban J connectivity index is 1.91. The molecule has 0 aliphatic carbocycles. The minimum absolute atomic E-state index is 0.115. The van der Waals surface area contributed by atoms with E-state index in [4.69, 9.17) is 0 Å². The Morgan fingerprint density at radius 2 is 1.78 bits per heavy atom. The van der Waals surface area contributed by atoms with E-state index in [1.807, 2.05) is 37.3 Å². The summed E-state index contributed by atoms with van der Waals surface area (Å²) >= 11 is 0. The van der Waals surface area contributed by atoms with E-state index >= 15 is 0 Å². The highest BCUT2D eigenvalue weighted by atomic mass is 32.2. The second kappa shape index (κ2) is 9.32. The molecule has 0 aliphatic heterocycles. The predicted octanol–water partition coefficient (Wildman–Crippen LogP) is 2.66. The third-order valence-corrected chi connectivity index (χ3v) is 5.65. The molecule has 0 spiro atoms. The van der Waals surface area contributed by atoms with Gasteiger partial charge in [-0.3, -0.25) is 4.79 Å². The van der Waals surface area contributed by atoms with Crippen molar-refractivity contribution in [2.45, 2.75) is 25.1 Å². The number of carbonyl (C=O) groups is 2. The Hall–Kier alpha value is -2.67. The SMILES string of the molecule is COC(=O)c1cccc(CS(=O)(=O)CCC(=O)NC(C)c2ccccc2)c1. The number of hydrogen-bond acceptors (Lipinski definition) is 5. The predicted molar refractivity (Wildman–Crippen MR) is 103 cm³/mol. The van der Waals surface area contributed by atoms with Gasteiger partial charge in [0.15, 0.2) is 9.84 Å². The van der Waals surface area contributed by atoms with Crippen molar-refractivity contribution in [3.05, 3.63) is 71.3 Å². The molecule has 0 heterocycles. The molecule has 0 saturated heterocycles. The Morgan fingerprint density at radius 1 is 1.07 bits per heavy atom. The number of ether oxygens (including phenoxy) is 1. The average Bonchev–Trinajstić information content (AvgIpc) is 2.66. The van der Waals surface area contributed by atoms with Gasteiger partial charge in [0.1, 0.15) is 0 Å². The lowest BCUT2D eigenvalue weighted by Crippen LogP contribution is -2.28. The van der Waals surface area contributed by atoms with Gasteiger partial charge < -0.3 is 10.1 Å². The first-order chi connectivity index (χ1) is 12.8. The minimum Gasteiger partial charge on any atom is -0.465 e. The zero-order chi connectivity index (χ0) is 19.9. The zero-order valence-corrected chi connectivity index (χ0v) is 16.2. The fourth-order valence-corrected chi connectivity index (χ4v) is 3.95. The Labute approximate surface area is 159 Å². The fourth-order valence-electron chi connectivity index (χ4n) is 2.62. The summed E-state index contributed by atoms with van der Waals surface area (Å²) < 4.78 is 29.3. The van der Waals surface area contributed by atoms with Gasteiger partial charge in [0.2, 0.25) is 5.91 Å². The Bertz CT molecular complexity index is 894. The smallest absolute Gasteiger partial charge is 0.337 e. The molecule has 1 amide bonds. The highest BCUT2D eigenvalue weighted by Gasteiger charge is 2.17. The second-order valence-electron chi connectivity index (χ2n) is 6.23. The highest BCUT2D eigenvalue weighted by Crippen LogP contribution is 2.13. The van der Waals surface area contributed by atoms with Gasteiger partial charge in [-0.05, 0) is 30.2 Å². The van der Waals surface area contributed by atoms with Crippen LogP contribution in [0.4, 0.5) is 0 Å². The lowest BCUT2D eigenvalue weighted by Gasteiger charge is -2.14. The first kappa shape index (κ1) is 20.6. The van der Waals surface area contributed by atoms with Crippen LogP contribution in [0.5, 0.6) is 0 Å². The van der Waals surface area contributed by atoms with Crippen LogP contribution in [-0.4, -0.2) is 33.2 Å². The second-order valence-corrected chi connectivity index (χ2v) is 8.42. The van der Waals surface area contributed by atoms with Crippen LogP contribution < -0.4 is 5.32 Å². The summed E-state index contributed by atoms with van der Waals surface area (Å²) in [4.78, 5) is 23.6. The van der Waals surface area contributed by atoms with Gasteiger partial charge in [-0.2, -0.15) is 0 Å². The molecule has 1 atom stereocenters. The number of sulfone groups is 1. The van der Waals surface area contributed by atoms with Crippen molar-refractivity contribution in [2.75, 3.05) is 12.9 Å². The monoisotopic (exact) mass is 389 g/mol. The van der Waals surface area contributed by atoms with E-state index in [2.05, 4.69) is 10.1 Å². The summed E-state index contributed by atoms with van der Waals surface area (Å²) in [6.45, 7) is 1.85. The number of methoxy groups -OCH3 is 1. The molecule has 2 rings (SSSR count). The third kappa shape index (κ3) is 6.53. The molecular weight excluding hydrogens is 366 g/mol. The largest absolute Gasteiger partial charge is 0.465 e. The van der Waals surface area contributed by atoms with E-state index in [1.54, 1.807) is 18.2 Å². The summed E-state index contributed by atoms with van der Waals surface area (Å²) in [7, 11) is -2.23. The van der Waals surface area contributed by atoms with Crippen LogP contribution in [-0.2, 0) is 25.1 Å². The van der Waals surface area contributed by atoms with Crippen LogP contribution in [0.2, 0.25) is 0 Å². The molecule has 0 aromatic heterocycles. The van der Waals surface area contributed by atoms with Crippen molar-refractivity contribution in [3.63, 3.8) is 0 Å². The van der Waals surface area contributed by atoms with E-state index in [0.29, 0.717) is 11.1 Å². The normalized spacial score (nSPS) is 12.2. The molecule has 27 heavy (non-hydrogen) atoms. The molecule has 2 aromatic carbocycles. The third-order valence-electron chi connectivity index (χ3n) is 4.05. The standard InChI is InChI=1S/C20H23NO5S/c1-15(17-8-4-3-5-9-17)21-19(22)11-12-27(24,25)14-16-7-6-10-18(13-16)20(23)26-2/h3-10,13,15H,11-12,14H2,1-2H3,(H,21,22). The maximum Gasteiger partial charge on any atom is 0.337 e. The van der Waals surface area contributed by atoms with Gasteiger partial charge in [0, 0.05) is 6.42 Å². The van der Waals surface area contributed by atoms with Crippen LogP contribution in [0.1, 0.15) is 40.9 Å². The number of nitrogens with one attached hydrogen (secondary N) is 1. The number of hydrogen-bond donors (Lipinski definition) is 1. The van der Waals surface area contributed by atoms with Gasteiger partial charge in [0.05, 0.1) is 30.2 Å². The molecule has 0 radical (unpaired) electrons. The van der Waals surface area contributed by atoms with Crippen LogP contribution >= 0.6 is 0 Å². The summed E-state index contributed by atoms with van der Waals surface area (Å²) in [6.07, 6.45) is -0.115. The Morgan fingerprint density at radius 3 is 2.44 bits per heavy atom. The average molecular weight is 389 g/mol. The molecule has 0 saturated carbocycles. The number of benzene rings is 2. The van der Waals surface area contributed by atoms with E-state index in [-0.39, 0.29) is 29.9 Å². The fraction of sp³-hybridized carbons (Fsp3) is 0.300. The van der Waals surface area contributed by atoms with Crippen LogP contribution in [0, 0.1) is 0 Å². The molecule has 0 bridgehead atoms. The lowest BCUT2D eigenvalue weighted by molar-refractivity contribution is -0.121. The van der Waals surface area contributed by atoms with Gasteiger partial charge in [-0.15, -0.1) is 0 Å². The molecule has 2 aromatic rings. The van der Waals surface area contributed by atoms with E-state index in [1.165, 1.54) is 13.2 Å². The summed E-state index contributed by atoms with van der Waals surface area (Å²) in [5.74, 6) is -1.34. The van der Waals surface area contributed by atoms with E-state index in [0.717, 1.165) is 5.56 Å². The summed E-state index contributed by atoms with van der Waals surface area (Å²) in [6, 6.07) is 15.5. The first-order valence-electron chi connectivity index (χ1n) is 8.53. The van der Waals surface area contributed by atoms with Gasteiger partial charge >= 0.3 is 5.97 Å². The molecule has 6 nitrogen and oxygen atoms in total. The molecule has 1 N–H and O–H groups in total. The van der Waals surface area contributed by atoms with Crippen LogP contribution in [0.3, 0.4) is 0 Å². The van der Waals surface area contributed by atoms with Crippen molar-refractivity contribution in [1.29, 1.82) is 0 Å². The molecule has 144 valence electrons.